The van der Waals surface area contributed by atoms with Crippen molar-refractivity contribution >= 4 is 17.0 Å². The fraction of sp³-hybridized carbons (Fsp3) is 0.235. The summed E-state index contributed by atoms with van der Waals surface area (Å²) in [6.07, 6.45) is -1.45. The second kappa shape index (κ2) is 13.6. The molecule has 1 aliphatic rings. The Morgan fingerprint density at radius 1 is 0.896 bits per heavy atom. The molecule has 0 radical (unpaired) electrons. The van der Waals surface area contributed by atoms with Gasteiger partial charge in [-0.15, -0.1) is 10.2 Å². The van der Waals surface area contributed by atoms with Gasteiger partial charge in [0.1, 0.15) is 17.1 Å². The molecule has 1 saturated heterocycles. The number of aryl methyl sites for hydroxylation is 1. The van der Waals surface area contributed by atoms with Crippen LogP contribution in [0.15, 0.2) is 95.9 Å². The van der Waals surface area contributed by atoms with Gasteiger partial charge < -0.3 is 10.1 Å². The molecule has 0 amide bonds. The molecule has 48 heavy (non-hydrogen) atoms. The number of halogens is 3. The number of aliphatic carboxylic acids is 1. The minimum absolute atomic E-state index is 0.0131. The van der Waals surface area contributed by atoms with Gasteiger partial charge in [0.25, 0.3) is 0 Å². The van der Waals surface area contributed by atoms with Crippen LogP contribution >= 0.6 is 0 Å². The van der Waals surface area contributed by atoms with E-state index in [9.17, 15) is 18.0 Å². The van der Waals surface area contributed by atoms with Crippen LogP contribution in [0.3, 0.4) is 0 Å². The summed E-state index contributed by atoms with van der Waals surface area (Å²) in [5.41, 5.74) is 7.44. The maximum absolute atomic E-state index is 12.7. The molecule has 6 aromatic rings. The third-order valence-corrected chi connectivity index (χ3v) is 8.21. The van der Waals surface area contributed by atoms with Crippen molar-refractivity contribution in [1.82, 2.24) is 39.4 Å². The van der Waals surface area contributed by atoms with Crippen LogP contribution in [0.25, 0.3) is 45.1 Å². The van der Waals surface area contributed by atoms with Crippen LogP contribution in [0.4, 0.5) is 13.2 Å². The molecule has 14 heteroatoms. The standard InChI is InChI=1S/C32H30N8O.C2HF3O2/c1-38-28(15-18-33-38)31-35-29(30(36-37-31)23-7-3-2-4-8-23)24-13-11-22(12-14-24)21-39-19-16-25(17-20-39)40-27-10-6-5-9-26(27)34-32(40)41;3-2(4,5)1(6)7/h2-15,18,25H,16-17,19-21H2,1H3,(H,34,41);(H,6,7). The molecule has 246 valence electrons. The van der Waals surface area contributed by atoms with E-state index in [0.29, 0.717) is 5.82 Å². The van der Waals surface area contributed by atoms with Crippen molar-refractivity contribution in [1.29, 1.82) is 0 Å². The summed E-state index contributed by atoms with van der Waals surface area (Å²) in [5.74, 6) is -2.21. The number of carboxylic acids is 1. The van der Waals surface area contributed by atoms with Gasteiger partial charge in [0.05, 0.1) is 11.0 Å². The third-order valence-electron chi connectivity index (χ3n) is 8.21. The van der Waals surface area contributed by atoms with Crippen molar-refractivity contribution in [2.45, 2.75) is 31.6 Å². The number of aromatic nitrogens is 7. The van der Waals surface area contributed by atoms with Crippen molar-refractivity contribution in [3.63, 3.8) is 0 Å². The number of aromatic amines is 1. The molecule has 2 N–H and O–H groups in total. The zero-order valence-electron chi connectivity index (χ0n) is 25.8. The molecule has 1 fully saturated rings. The minimum atomic E-state index is -5.08. The Morgan fingerprint density at radius 3 is 2.19 bits per heavy atom. The van der Waals surface area contributed by atoms with E-state index in [1.807, 2.05) is 72.3 Å². The summed E-state index contributed by atoms with van der Waals surface area (Å²) in [6, 6.07) is 28.7. The van der Waals surface area contributed by atoms with E-state index >= 15 is 0 Å². The van der Waals surface area contributed by atoms with Gasteiger partial charge in [-0.2, -0.15) is 18.3 Å². The van der Waals surface area contributed by atoms with Crippen LogP contribution in [-0.4, -0.2) is 69.8 Å². The Hall–Kier alpha value is -5.63. The second-order valence-corrected chi connectivity index (χ2v) is 11.4. The number of hydrogen-bond acceptors (Lipinski definition) is 7. The van der Waals surface area contributed by atoms with Crippen LogP contribution in [0.5, 0.6) is 0 Å². The number of likely N-dealkylation sites (tertiary alicyclic amines) is 1. The molecule has 0 spiro atoms. The number of benzene rings is 3. The van der Waals surface area contributed by atoms with Gasteiger partial charge in [0.15, 0.2) is 0 Å². The third kappa shape index (κ3) is 7.03. The number of hydrogen-bond donors (Lipinski definition) is 2. The van der Waals surface area contributed by atoms with Crippen molar-refractivity contribution in [2.24, 2.45) is 7.05 Å². The number of H-pyrrole nitrogens is 1. The number of imidazole rings is 1. The first-order chi connectivity index (χ1) is 23.1. The van der Waals surface area contributed by atoms with Gasteiger partial charge in [-0.05, 0) is 36.6 Å². The number of rotatable bonds is 6. The number of nitrogens with zero attached hydrogens (tertiary/aromatic N) is 7. The molecule has 4 heterocycles. The van der Waals surface area contributed by atoms with E-state index in [4.69, 9.17) is 14.9 Å². The van der Waals surface area contributed by atoms with E-state index in [1.165, 1.54) is 5.56 Å². The summed E-state index contributed by atoms with van der Waals surface area (Å²) in [6.45, 7) is 2.75. The van der Waals surface area contributed by atoms with Gasteiger partial charge in [-0.3, -0.25) is 14.1 Å². The minimum Gasteiger partial charge on any atom is -0.475 e. The van der Waals surface area contributed by atoms with Crippen LogP contribution in [0, 0.1) is 0 Å². The van der Waals surface area contributed by atoms with Crippen LogP contribution < -0.4 is 5.69 Å². The number of para-hydroxylation sites is 2. The lowest BCUT2D eigenvalue weighted by Crippen LogP contribution is -2.36. The first kappa shape index (κ1) is 32.3. The number of nitrogens with one attached hydrogen (secondary N) is 1. The van der Waals surface area contributed by atoms with Gasteiger partial charge in [-0.1, -0.05) is 66.7 Å². The smallest absolute Gasteiger partial charge is 0.475 e. The highest BCUT2D eigenvalue weighted by Crippen LogP contribution is 2.31. The monoisotopic (exact) mass is 656 g/mol. The van der Waals surface area contributed by atoms with Crippen molar-refractivity contribution in [3.05, 3.63) is 107 Å². The highest BCUT2D eigenvalue weighted by Gasteiger charge is 2.38. The van der Waals surface area contributed by atoms with E-state index in [2.05, 4.69) is 49.4 Å². The Labute approximate surface area is 272 Å². The van der Waals surface area contributed by atoms with E-state index in [-0.39, 0.29) is 11.7 Å². The number of fused-ring (bicyclic) bond motifs is 1. The molecule has 3 aromatic heterocycles. The average molecular weight is 657 g/mol. The van der Waals surface area contributed by atoms with E-state index in [0.717, 1.165) is 71.7 Å². The van der Waals surface area contributed by atoms with Crippen molar-refractivity contribution in [3.8, 4) is 34.0 Å². The number of carbonyl (C=O) groups is 1. The predicted octanol–water partition coefficient (Wildman–Crippen LogP) is 5.72. The summed E-state index contributed by atoms with van der Waals surface area (Å²) >= 11 is 0. The lowest BCUT2D eigenvalue weighted by Gasteiger charge is -2.32. The average Bonchev–Trinajstić information content (AvgIpc) is 3.67. The summed E-state index contributed by atoms with van der Waals surface area (Å²) in [7, 11) is 1.87. The fourth-order valence-corrected chi connectivity index (χ4v) is 5.82. The quantitative estimate of drug-likeness (QED) is 0.233. The van der Waals surface area contributed by atoms with Gasteiger partial charge >= 0.3 is 17.8 Å². The number of alkyl halides is 3. The fourth-order valence-electron chi connectivity index (χ4n) is 5.82. The summed E-state index contributed by atoms with van der Waals surface area (Å²) in [4.78, 5) is 32.0. The lowest BCUT2D eigenvalue weighted by molar-refractivity contribution is -0.192. The summed E-state index contributed by atoms with van der Waals surface area (Å²) in [5, 5.41) is 20.4. The largest absolute Gasteiger partial charge is 0.490 e. The Balaban J connectivity index is 0.000000519. The van der Waals surface area contributed by atoms with Gasteiger partial charge in [0.2, 0.25) is 5.82 Å². The van der Waals surface area contributed by atoms with Crippen molar-refractivity contribution in [2.75, 3.05) is 13.1 Å². The van der Waals surface area contributed by atoms with E-state index < -0.39 is 12.1 Å². The lowest BCUT2D eigenvalue weighted by atomic mass is 10.0. The second-order valence-electron chi connectivity index (χ2n) is 11.4. The highest BCUT2D eigenvalue weighted by atomic mass is 19.4. The molecular formula is C34H31F3N8O3. The molecule has 1 aliphatic heterocycles. The zero-order chi connectivity index (χ0) is 33.8. The van der Waals surface area contributed by atoms with Crippen LogP contribution in [0.1, 0.15) is 24.4 Å². The maximum Gasteiger partial charge on any atom is 0.490 e. The molecule has 0 unspecified atom stereocenters. The molecule has 0 atom stereocenters. The zero-order valence-corrected chi connectivity index (χ0v) is 25.8. The van der Waals surface area contributed by atoms with Crippen LogP contribution in [0.2, 0.25) is 0 Å². The summed E-state index contributed by atoms with van der Waals surface area (Å²) < 4.78 is 35.4. The molecule has 0 aliphatic carbocycles. The highest BCUT2D eigenvalue weighted by molar-refractivity contribution is 5.78. The first-order valence-electron chi connectivity index (χ1n) is 15.2. The Kier molecular flexibility index (Phi) is 9.17. The van der Waals surface area contributed by atoms with Crippen molar-refractivity contribution < 1.29 is 23.1 Å². The molecular weight excluding hydrogens is 625 g/mol. The molecule has 3 aromatic carbocycles. The van der Waals surface area contributed by atoms with Gasteiger partial charge in [0, 0.05) is 50.0 Å². The molecule has 7 rings (SSSR count). The Bertz CT molecular complexity index is 2080. The Morgan fingerprint density at radius 2 is 1.54 bits per heavy atom. The number of piperidine rings is 1. The molecule has 11 nitrogen and oxygen atoms in total. The normalized spacial score (nSPS) is 14.1. The number of carboxylic acid groups (broad SMARTS) is 1. The van der Waals surface area contributed by atoms with E-state index in [1.54, 1.807) is 10.9 Å². The topological polar surface area (TPSA) is 135 Å². The molecule has 0 bridgehead atoms. The predicted molar refractivity (Wildman–Crippen MR) is 173 cm³/mol. The molecule has 0 saturated carbocycles. The van der Waals surface area contributed by atoms with Gasteiger partial charge in [-0.25, -0.2) is 14.6 Å². The SMILES string of the molecule is Cn1nccc1-c1nnc(-c2ccccc2)c(-c2ccc(CN3CCC(n4c(=O)[nH]c5ccccc54)CC3)cc2)n1.O=C(O)C(F)(F)F. The maximum atomic E-state index is 12.7. The first-order valence-corrected chi connectivity index (χ1v) is 15.2. The van der Waals surface area contributed by atoms with Crippen LogP contribution in [-0.2, 0) is 18.4 Å².